The number of hydrogen-bond donors (Lipinski definition) is 3. The molecule has 3 N–H and O–H groups in total. The first-order valence-corrected chi connectivity index (χ1v) is 9.64. The van der Waals surface area contributed by atoms with Crippen molar-refractivity contribution in [2.45, 2.75) is 13.8 Å². The molecule has 1 amide bonds. The zero-order valence-electron chi connectivity index (χ0n) is 16.5. The van der Waals surface area contributed by atoms with Crippen LogP contribution in [0.4, 0.5) is 5.69 Å². The topological polar surface area (TPSA) is 112 Å². The van der Waals surface area contributed by atoms with Crippen molar-refractivity contribution in [3.8, 4) is 22.6 Å². The first-order valence-electron chi connectivity index (χ1n) is 9.64. The van der Waals surface area contributed by atoms with Crippen molar-refractivity contribution in [1.82, 2.24) is 30.1 Å². The summed E-state index contributed by atoms with van der Waals surface area (Å²) in [6, 6.07) is 11.5. The predicted molar refractivity (Wildman–Crippen MR) is 116 cm³/mol. The Bertz CT molecular complexity index is 1350. The van der Waals surface area contributed by atoms with Crippen molar-refractivity contribution in [2.24, 2.45) is 5.92 Å². The summed E-state index contributed by atoms with van der Waals surface area (Å²) < 4.78 is 0. The van der Waals surface area contributed by atoms with E-state index in [2.05, 4.69) is 30.5 Å². The Morgan fingerprint density at radius 1 is 1.10 bits per heavy atom. The number of hydrogen-bond acceptors (Lipinski definition) is 5. The Balaban J connectivity index is 1.55. The number of nitrogens with one attached hydrogen (secondary N) is 3. The summed E-state index contributed by atoms with van der Waals surface area (Å²) >= 11 is 0. The lowest BCUT2D eigenvalue weighted by Gasteiger charge is -2.08. The fourth-order valence-electron chi connectivity index (χ4n) is 3.27. The van der Waals surface area contributed by atoms with Crippen molar-refractivity contribution < 1.29 is 4.79 Å². The molecule has 0 spiro atoms. The molecule has 0 saturated carbocycles. The highest BCUT2D eigenvalue weighted by Crippen LogP contribution is 2.29. The van der Waals surface area contributed by atoms with Crippen molar-refractivity contribution in [3.63, 3.8) is 0 Å². The van der Waals surface area contributed by atoms with Crippen LogP contribution in [0, 0.1) is 5.92 Å². The summed E-state index contributed by atoms with van der Waals surface area (Å²) in [6.45, 7) is 3.70. The van der Waals surface area contributed by atoms with Gasteiger partial charge in [-0.15, -0.1) is 0 Å². The molecule has 5 aromatic rings. The highest BCUT2D eigenvalue weighted by molar-refractivity contribution is 5.94. The Hall–Kier alpha value is -4.07. The third-order valence-corrected chi connectivity index (χ3v) is 4.88. The van der Waals surface area contributed by atoms with E-state index in [1.54, 1.807) is 18.6 Å². The second-order valence-electron chi connectivity index (χ2n) is 7.39. The average Bonchev–Trinajstić information content (AvgIpc) is 3.37. The number of nitrogens with zero attached hydrogens (tertiary/aromatic N) is 4. The van der Waals surface area contributed by atoms with Gasteiger partial charge in [0.2, 0.25) is 5.91 Å². The summed E-state index contributed by atoms with van der Waals surface area (Å²) in [7, 11) is 0. The number of rotatable bonds is 4. The highest BCUT2D eigenvalue weighted by Gasteiger charge is 2.14. The minimum atomic E-state index is -0.109. The lowest BCUT2D eigenvalue weighted by atomic mass is 10.1. The normalized spacial score (nSPS) is 11.4. The van der Waals surface area contributed by atoms with Crippen LogP contribution in [0.25, 0.3) is 44.7 Å². The predicted octanol–water partition coefficient (Wildman–Crippen LogP) is 4.16. The van der Waals surface area contributed by atoms with E-state index >= 15 is 0 Å². The van der Waals surface area contributed by atoms with Gasteiger partial charge < -0.3 is 10.3 Å². The molecule has 0 radical (unpaired) electrons. The quantitative estimate of drug-likeness (QED) is 0.422. The molecule has 148 valence electrons. The van der Waals surface area contributed by atoms with Gasteiger partial charge in [0.05, 0.1) is 39.8 Å². The summed E-state index contributed by atoms with van der Waals surface area (Å²) in [6.07, 6.45) is 5.12. The number of aromatic amines is 2. The van der Waals surface area contributed by atoms with Gasteiger partial charge in [0.15, 0.2) is 0 Å². The van der Waals surface area contributed by atoms with Crippen LogP contribution < -0.4 is 5.32 Å². The monoisotopic (exact) mass is 397 g/mol. The van der Waals surface area contributed by atoms with Gasteiger partial charge in [-0.1, -0.05) is 13.8 Å². The van der Waals surface area contributed by atoms with Gasteiger partial charge in [0.1, 0.15) is 11.2 Å². The third-order valence-electron chi connectivity index (χ3n) is 4.88. The third kappa shape index (κ3) is 3.18. The molecule has 5 aromatic heterocycles. The van der Waals surface area contributed by atoms with E-state index in [1.165, 1.54) is 0 Å². The lowest BCUT2D eigenvalue weighted by Crippen LogP contribution is -2.17. The fraction of sp³-hybridized carbons (Fsp3) is 0.136. The van der Waals surface area contributed by atoms with Crippen LogP contribution in [-0.4, -0.2) is 36.0 Å². The minimum Gasteiger partial charge on any atom is -0.352 e. The SMILES string of the molecule is CC(C)C(=O)Nc1cncc(-c2ccc3[nH]nc(-c4cc5ncccc5[nH]4)c3n2)c1. The van der Waals surface area contributed by atoms with Crippen LogP contribution in [-0.2, 0) is 4.79 Å². The van der Waals surface area contributed by atoms with Gasteiger partial charge in [-0.05, 0) is 36.4 Å². The summed E-state index contributed by atoms with van der Waals surface area (Å²) in [4.78, 5) is 28.8. The summed E-state index contributed by atoms with van der Waals surface area (Å²) in [5, 5.41) is 10.4. The zero-order chi connectivity index (χ0) is 20.7. The number of carbonyl (C=O) groups excluding carboxylic acids is 1. The van der Waals surface area contributed by atoms with E-state index in [4.69, 9.17) is 4.98 Å². The van der Waals surface area contributed by atoms with E-state index in [0.29, 0.717) is 5.69 Å². The molecule has 0 fully saturated rings. The Labute approximate surface area is 171 Å². The molecule has 0 aromatic carbocycles. The van der Waals surface area contributed by atoms with Gasteiger partial charge in [0.25, 0.3) is 0 Å². The number of amides is 1. The average molecular weight is 397 g/mol. The van der Waals surface area contributed by atoms with Gasteiger partial charge >= 0.3 is 0 Å². The van der Waals surface area contributed by atoms with Crippen molar-refractivity contribution in [2.75, 3.05) is 5.32 Å². The van der Waals surface area contributed by atoms with E-state index in [0.717, 1.165) is 44.7 Å². The van der Waals surface area contributed by atoms with Gasteiger partial charge in [0, 0.05) is 23.9 Å². The van der Waals surface area contributed by atoms with Crippen molar-refractivity contribution >= 4 is 33.7 Å². The summed E-state index contributed by atoms with van der Waals surface area (Å²) in [5.74, 6) is -0.163. The first kappa shape index (κ1) is 18.0. The molecule has 0 unspecified atom stereocenters. The molecule has 8 nitrogen and oxygen atoms in total. The molecule has 8 heteroatoms. The zero-order valence-corrected chi connectivity index (χ0v) is 16.5. The van der Waals surface area contributed by atoms with Gasteiger partial charge in [-0.2, -0.15) is 5.10 Å². The smallest absolute Gasteiger partial charge is 0.226 e. The van der Waals surface area contributed by atoms with E-state index < -0.39 is 0 Å². The number of H-pyrrole nitrogens is 2. The van der Waals surface area contributed by atoms with E-state index in [1.807, 2.05) is 50.2 Å². The van der Waals surface area contributed by atoms with Crippen molar-refractivity contribution in [3.05, 3.63) is 55.0 Å². The highest BCUT2D eigenvalue weighted by atomic mass is 16.1. The molecule has 0 aliphatic heterocycles. The second-order valence-corrected chi connectivity index (χ2v) is 7.39. The first-order chi connectivity index (χ1) is 14.6. The maximum absolute atomic E-state index is 12.0. The Morgan fingerprint density at radius 3 is 2.83 bits per heavy atom. The maximum atomic E-state index is 12.0. The molecule has 0 aliphatic rings. The van der Waals surface area contributed by atoms with Gasteiger partial charge in [-0.3, -0.25) is 19.9 Å². The van der Waals surface area contributed by atoms with Crippen LogP contribution in [0.5, 0.6) is 0 Å². The van der Waals surface area contributed by atoms with Crippen LogP contribution in [0.1, 0.15) is 13.8 Å². The molecule has 5 rings (SSSR count). The number of aromatic nitrogens is 6. The second kappa shape index (κ2) is 7.07. The number of fused-ring (bicyclic) bond motifs is 2. The minimum absolute atomic E-state index is 0.0538. The molecular formula is C22H19N7O. The molecule has 0 bridgehead atoms. The number of carbonyl (C=O) groups is 1. The molecular weight excluding hydrogens is 378 g/mol. The van der Waals surface area contributed by atoms with Crippen LogP contribution in [0.15, 0.2) is 55.0 Å². The largest absolute Gasteiger partial charge is 0.352 e. The molecule has 30 heavy (non-hydrogen) atoms. The standard InChI is InChI=1S/C22H19N7O/c1-12(2)22(30)25-14-8-13(10-23-11-14)15-5-6-17-20(27-15)21(29-28-17)19-9-18-16(26-19)4-3-7-24-18/h3-12,26H,1-2H3,(H,25,30)(H,28,29). The van der Waals surface area contributed by atoms with E-state index in [9.17, 15) is 4.79 Å². The molecule has 0 aliphatic carbocycles. The van der Waals surface area contributed by atoms with Crippen LogP contribution in [0.3, 0.4) is 0 Å². The van der Waals surface area contributed by atoms with Crippen molar-refractivity contribution in [1.29, 1.82) is 0 Å². The Morgan fingerprint density at radius 2 is 2.00 bits per heavy atom. The number of anilines is 1. The molecule has 0 atom stereocenters. The Kier molecular flexibility index (Phi) is 4.24. The summed E-state index contributed by atoms with van der Waals surface area (Å²) in [5.41, 5.74) is 7.15. The molecule has 5 heterocycles. The lowest BCUT2D eigenvalue weighted by molar-refractivity contribution is -0.118. The van der Waals surface area contributed by atoms with Crippen LogP contribution in [0.2, 0.25) is 0 Å². The fourth-order valence-corrected chi connectivity index (χ4v) is 3.27. The van der Waals surface area contributed by atoms with E-state index in [-0.39, 0.29) is 11.8 Å². The van der Waals surface area contributed by atoms with Gasteiger partial charge in [-0.25, -0.2) is 4.98 Å². The maximum Gasteiger partial charge on any atom is 0.226 e. The number of pyridine rings is 3. The molecule has 0 saturated heterocycles. The van der Waals surface area contributed by atoms with Crippen LogP contribution >= 0.6 is 0 Å².